The van der Waals surface area contributed by atoms with Crippen molar-refractivity contribution < 1.29 is 9.21 Å². The number of hydrogen-bond donors (Lipinski definition) is 1. The number of rotatable bonds is 2. The highest BCUT2D eigenvalue weighted by Crippen LogP contribution is 2.28. The summed E-state index contributed by atoms with van der Waals surface area (Å²) >= 11 is 5.97. The Kier molecular flexibility index (Phi) is 3.39. The first-order valence-electron chi connectivity index (χ1n) is 6.47. The molecule has 3 rings (SSSR count). The van der Waals surface area contributed by atoms with E-state index in [2.05, 4.69) is 10.3 Å². The fraction of sp³-hybridized carbons (Fsp3) is 0.125. The lowest BCUT2D eigenvalue weighted by Gasteiger charge is -2.03. The first kappa shape index (κ1) is 13.6. The number of carbonyl (C=O) groups is 1. The van der Waals surface area contributed by atoms with Crippen molar-refractivity contribution in [2.45, 2.75) is 13.8 Å². The number of furan rings is 1. The highest BCUT2D eigenvalue weighted by molar-refractivity contribution is 6.31. The Balaban J connectivity index is 1.96. The normalized spacial score (nSPS) is 10.8. The van der Waals surface area contributed by atoms with Crippen LogP contribution in [0.1, 0.15) is 21.7 Å². The minimum absolute atomic E-state index is 0.274. The van der Waals surface area contributed by atoms with Crippen LogP contribution in [-0.2, 0) is 0 Å². The van der Waals surface area contributed by atoms with Crippen LogP contribution >= 0.6 is 11.6 Å². The molecule has 0 aliphatic heterocycles. The standard InChI is InChI=1S/C16H13ClN2O2/c1-9-5-6-18-14(7-9)19-16(20)15-10(2)12-8-11(17)3-4-13(12)21-15/h3-8H,1-2H3,(H,18,19,20). The Bertz CT molecular complexity index is 839. The number of nitrogens with zero attached hydrogens (tertiary/aromatic N) is 1. The van der Waals surface area contributed by atoms with E-state index in [0.717, 1.165) is 16.5 Å². The molecule has 106 valence electrons. The molecule has 1 N–H and O–H groups in total. The molecule has 4 nitrogen and oxygen atoms in total. The molecule has 3 aromatic rings. The number of aromatic nitrogens is 1. The summed E-state index contributed by atoms with van der Waals surface area (Å²) in [4.78, 5) is 16.4. The number of aryl methyl sites for hydroxylation is 2. The van der Waals surface area contributed by atoms with Crippen LogP contribution < -0.4 is 5.32 Å². The van der Waals surface area contributed by atoms with E-state index >= 15 is 0 Å². The lowest BCUT2D eigenvalue weighted by Crippen LogP contribution is -2.13. The van der Waals surface area contributed by atoms with E-state index < -0.39 is 0 Å². The molecule has 0 aliphatic carbocycles. The molecule has 0 saturated heterocycles. The zero-order chi connectivity index (χ0) is 15.0. The van der Waals surface area contributed by atoms with Crippen LogP contribution in [0, 0.1) is 13.8 Å². The quantitative estimate of drug-likeness (QED) is 0.765. The molecule has 0 bridgehead atoms. The summed E-state index contributed by atoms with van der Waals surface area (Å²) in [5.74, 6) is 0.450. The molecule has 2 heterocycles. The minimum Gasteiger partial charge on any atom is -0.451 e. The Hall–Kier alpha value is -2.33. The van der Waals surface area contributed by atoms with Gasteiger partial charge in [0.25, 0.3) is 5.91 Å². The van der Waals surface area contributed by atoms with Gasteiger partial charge >= 0.3 is 0 Å². The second-order valence-corrected chi connectivity index (χ2v) is 5.31. The van der Waals surface area contributed by atoms with Crippen LogP contribution in [0.5, 0.6) is 0 Å². The van der Waals surface area contributed by atoms with E-state index in [-0.39, 0.29) is 11.7 Å². The zero-order valence-electron chi connectivity index (χ0n) is 11.6. The van der Waals surface area contributed by atoms with Gasteiger partial charge in [0, 0.05) is 22.2 Å². The number of pyridine rings is 1. The van der Waals surface area contributed by atoms with E-state index in [1.807, 2.05) is 19.9 Å². The molecular weight excluding hydrogens is 288 g/mol. The number of amides is 1. The number of carbonyl (C=O) groups excluding carboxylic acids is 1. The maximum absolute atomic E-state index is 12.3. The van der Waals surface area contributed by atoms with Crippen molar-refractivity contribution in [1.82, 2.24) is 4.98 Å². The van der Waals surface area contributed by atoms with Crippen LogP contribution in [0.15, 0.2) is 40.9 Å². The molecule has 2 aromatic heterocycles. The van der Waals surface area contributed by atoms with Gasteiger partial charge in [0.1, 0.15) is 11.4 Å². The average molecular weight is 301 g/mol. The predicted molar refractivity (Wildman–Crippen MR) is 82.9 cm³/mol. The number of nitrogens with one attached hydrogen (secondary N) is 1. The predicted octanol–water partition coefficient (Wildman–Crippen LogP) is 4.35. The summed E-state index contributed by atoms with van der Waals surface area (Å²) in [7, 11) is 0. The van der Waals surface area contributed by atoms with Gasteiger partial charge in [0.2, 0.25) is 0 Å². The summed E-state index contributed by atoms with van der Waals surface area (Å²) < 4.78 is 5.62. The van der Waals surface area contributed by atoms with Gasteiger partial charge in [-0.15, -0.1) is 0 Å². The summed E-state index contributed by atoms with van der Waals surface area (Å²) in [5, 5.41) is 4.19. The lowest BCUT2D eigenvalue weighted by molar-refractivity contribution is 0.0997. The molecule has 1 amide bonds. The van der Waals surface area contributed by atoms with Crippen molar-refractivity contribution >= 4 is 34.3 Å². The van der Waals surface area contributed by atoms with Crippen molar-refractivity contribution in [3.63, 3.8) is 0 Å². The second-order valence-electron chi connectivity index (χ2n) is 4.87. The molecule has 0 unspecified atom stereocenters. The van der Waals surface area contributed by atoms with Crippen molar-refractivity contribution in [1.29, 1.82) is 0 Å². The first-order valence-corrected chi connectivity index (χ1v) is 6.85. The minimum atomic E-state index is -0.321. The zero-order valence-corrected chi connectivity index (χ0v) is 12.4. The number of benzene rings is 1. The first-order chi connectivity index (χ1) is 10.0. The fourth-order valence-electron chi connectivity index (χ4n) is 2.19. The van der Waals surface area contributed by atoms with Crippen LogP contribution in [0.3, 0.4) is 0 Å². The van der Waals surface area contributed by atoms with Crippen molar-refractivity contribution in [2.75, 3.05) is 5.32 Å². The third-order valence-electron chi connectivity index (χ3n) is 3.26. The Morgan fingerprint density at radius 3 is 2.81 bits per heavy atom. The largest absolute Gasteiger partial charge is 0.451 e. The monoisotopic (exact) mass is 300 g/mol. The van der Waals surface area contributed by atoms with Gasteiger partial charge in [0.15, 0.2) is 5.76 Å². The van der Waals surface area contributed by atoms with Gasteiger partial charge in [-0.3, -0.25) is 4.79 Å². The number of anilines is 1. The van der Waals surface area contributed by atoms with Gasteiger partial charge in [-0.05, 0) is 49.7 Å². The maximum atomic E-state index is 12.3. The van der Waals surface area contributed by atoms with E-state index in [1.165, 1.54) is 0 Å². The molecule has 0 saturated carbocycles. The Morgan fingerprint density at radius 2 is 2.05 bits per heavy atom. The molecule has 0 atom stereocenters. The van der Waals surface area contributed by atoms with Gasteiger partial charge in [-0.2, -0.15) is 0 Å². The van der Waals surface area contributed by atoms with Crippen molar-refractivity contribution in [2.24, 2.45) is 0 Å². The molecule has 0 fully saturated rings. The topological polar surface area (TPSA) is 55.1 Å². The van der Waals surface area contributed by atoms with Crippen LogP contribution in [0.4, 0.5) is 5.82 Å². The van der Waals surface area contributed by atoms with Gasteiger partial charge in [-0.1, -0.05) is 11.6 Å². The van der Waals surface area contributed by atoms with Crippen molar-refractivity contribution in [3.05, 3.63) is 58.4 Å². The summed E-state index contributed by atoms with van der Waals surface area (Å²) in [6.07, 6.45) is 1.65. The second kappa shape index (κ2) is 5.22. The number of hydrogen-bond acceptors (Lipinski definition) is 3. The van der Waals surface area contributed by atoms with E-state index in [9.17, 15) is 4.79 Å². The van der Waals surface area contributed by atoms with E-state index in [1.54, 1.807) is 30.5 Å². The van der Waals surface area contributed by atoms with Gasteiger partial charge in [0.05, 0.1) is 0 Å². The average Bonchev–Trinajstić information content (AvgIpc) is 2.76. The van der Waals surface area contributed by atoms with Crippen LogP contribution in [0.2, 0.25) is 5.02 Å². The van der Waals surface area contributed by atoms with Gasteiger partial charge in [-0.25, -0.2) is 4.98 Å². The highest BCUT2D eigenvalue weighted by Gasteiger charge is 2.18. The van der Waals surface area contributed by atoms with E-state index in [0.29, 0.717) is 16.4 Å². The molecule has 5 heteroatoms. The molecule has 0 radical (unpaired) electrons. The maximum Gasteiger partial charge on any atom is 0.292 e. The summed E-state index contributed by atoms with van der Waals surface area (Å²) in [6.45, 7) is 3.77. The SMILES string of the molecule is Cc1ccnc(NC(=O)c2oc3ccc(Cl)cc3c2C)c1. The molecule has 21 heavy (non-hydrogen) atoms. The number of halogens is 1. The lowest BCUT2D eigenvalue weighted by atomic mass is 10.1. The van der Waals surface area contributed by atoms with Gasteiger partial charge < -0.3 is 9.73 Å². The summed E-state index contributed by atoms with van der Waals surface area (Å²) in [6, 6.07) is 8.94. The summed E-state index contributed by atoms with van der Waals surface area (Å²) in [5.41, 5.74) is 2.42. The highest BCUT2D eigenvalue weighted by atomic mass is 35.5. The smallest absolute Gasteiger partial charge is 0.292 e. The third kappa shape index (κ3) is 2.62. The molecular formula is C16H13ClN2O2. The van der Waals surface area contributed by atoms with Crippen LogP contribution in [0.25, 0.3) is 11.0 Å². The molecule has 0 aliphatic rings. The van der Waals surface area contributed by atoms with Crippen molar-refractivity contribution in [3.8, 4) is 0 Å². The number of fused-ring (bicyclic) bond motifs is 1. The third-order valence-corrected chi connectivity index (χ3v) is 3.50. The molecule has 0 spiro atoms. The Labute approximate surface area is 126 Å². The van der Waals surface area contributed by atoms with E-state index in [4.69, 9.17) is 16.0 Å². The molecule has 1 aromatic carbocycles. The van der Waals surface area contributed by atoms with Crippen LogP contribution in [-0.4, -0.2) is 10.9 Å². The Morgan fingerprint density at radius 1 is 1.24 bits per heavy atom. The fourth-order valence-corrected chi connectivity index (χ4v) is 2.36.